The number of hydrogen-bond acceptors (Lipinski definition) is 7. The summed E-state index contributed by atoms with van der Waals surface area (Å²) in [5.74, 6) is -1.49. The Hall–Kier alpha value is -4.66. The number of oxime groups is 1. The second-order valence-electron chi connectivity index (χ2n) is 11.0. The fourth-order valence-electron chi connectivity index (χ4n) is 4.68. The minimum atomic E-state index is -0.955. The summed E-state index contributed by atoms with van der Waals surface area (Å²) in [6.07, 6.45) is -1.39. The highest BCUT2D eigenvalue weighted by Crippen LogP contribution is 2.44. The van der Waals surface area contributed by atoms with E-state index in [-0.39, 0.29) is 31.2 Å². The van der Waals surface area contributed by atoms with E-state index < -0.39 is 29.7 Å². The molecule has 0 unspecified atom stereocenters. The van der Waals surface area contributed by atoms with E-state index in [0.29, 0.717) is 5.56 Å². The summed E-state index contributed by atoms with van der Waals surface area (Å²) in [7, 11) is 0. The number of benzene rings is 3. The number of amides is 1. The molecule has 3 aromatic rings. The molecule has 4 rings (SSSR count). The first kappa shape index (κ1) is 29.3. The summed E-state index contributed by atoms with van der Waals surface area (Å²) in [6.45, 7) is 7.22. The van der Waals surface area contributed by atoms with Crippen LogP contribution in [0.25, 0.3) is 11.1 Å². The van der Waals surface area contributed by atoms with Crippen LogP contribution in [0.3, 0.4) is 0 Å². The quantitative estimate of drug-likeness (QED) is 0.122. The van der Waals surface area contributed by atoms with Crippen molar-refractivity contribution in [3.63, 3.8) is 0 Å². The Morgan fingerprint density at radius 2 is 1.44 bits per heavy atom. The SMILES string of the molecule is Cc1ccc(/C(N)=N/OC(=O)C[C@H](CC(=O)OC(C)(C)C)NC(=O)OCC2c3ccccc3-c3ccccc32)cc1. The van der Waals surface area contributed by atoms with Crippen molar-refractivity contribution in [3.05, 3.63) is 95.1 Å². The lowest BCUT2D eigenvalue weighted by molar-refractivity contribution is -0.155. The van der Waals surface area contributed by atoms with Gasteiger partial charge in [0.15, 0.2) is 5.84 Å². The molecule has 3 aromatic carbocycles. The van der Waals surface area contributed by atoms with Gasteiger partial charge in [-0.15, -0.1) is 0 Å². The van der Waals surface area contributed by atoms with E-state index in [1.807, 2.05) is 67.6 Å². The molecule has 41 heavy (non-hydrogen) atoms. The molecule has 1 amide bonds. The average molecular weight is 558 g/mol. The molecular weight excluding hydrogens is 522 g/mol. The maximum absolute atomic E-state index is 12.9. The van der Waals surface area contributed by atoms with Gasteiger partial charge >= 0.3 is 18.0 Å². The Labute approximate surface area is 239 Å². The smallest absolute Gasteiger partial charge is 0.407 e. The van der Waals surface area contributed by atoms with Crippen LogP contribution < -0.4 is 11.1 Å². The lowest BCUT2D eigenvalue weighted by Crippen LogP contribution is -2.40. The topological polar surface area (TPSA) is 129 Å². The number of nitrogens with one attached hydrogen (secondary N) is 1. The van der Waals surface area contributed by atoms with Gasteiger partial charge in [0.1, 0.15) is 12.2 Å². The Kier molecular flexibility index (Phi) is 9.07. The molecule has 3 N–H and O–H groups in total. The summed E-state index contributed by atoms with van der Waals surface area (Å²) >= 11 is 0. The van der Waals surface area contributed by atoms with Crippen LogP contribution in [0, 0.1) is 6.92 Å². The number of esters is 1. The molecule has 0 aromatic heterocycles. The fourth-order valence-corrected chi connectivity index (χ4v) is 4.68. The van der Waals surface area contributed by atoms with Gasteiger partial charge in [-0.25, -0.2) is 9.59 Å². The van der Waals surface area contributed by atoms with E-state index in [9.17, 15) is 14.4 Å². The average Bonchev–Trinajstić information content (AvgIpc) is 3.23. The summed E-state index contributed by atoms with van der Waals surface area (Å²) in [5.41, 5.74) is 11.2. The molecule has 0 saturated heterocycles. The third-order valence-electron chi connectivity index (χ3n) is 6.50. The third-order valence-corrected chi connectivity index (χ3v) is 6.50. The van der Waals surface area contributed by atoms with Gasteiger partial charge in [0.05, 0.1) is 18.9 Å². The maximum atomic E-state index is 12.9. The van der Waals surface area contributed by atoms with Gasteiger partial charge < -0.3 is 25.4 Å². The molecule has 1 aliphatic rings. The molecule has 9 heteroatoms. The van der Waals surface area contributed by atoms with Gasteiger partial charge in [0.25, 0.3) is 0 Å². The van der Waals surface area contributed by atoms with E-state index in [0.717, 1.165) is 27.8 Å². The standard InChI is InChI=1S/C32H35N3O6/c1-20-13-15-21(16-14-20)30(33)35-41-29(37)18-22(17-28(36)40-32(2,3)4)34-31(38)39-19-27-25-11-7-5-9-23(25)24-10-6-8-12-26(24)27/h5-16,22,27H,17-19H2,1-4H3,(H2,33,35)(H,34,38)/t22-/m0/s1. The largest absolute Gasteiger partial charge is 0.460 e. The number of nitrogens with zero attached hydrogens (tertiary/aromatic N) is 1. The highest BCUT2D eigenvalue weighted by atomic mass is 16.7. The molecule has 1 aliphatic carbocycles. The van der Waals surface area contributed by atoms with Crippen molar-refractivity contribution >= 4 is 23.9 Å². The fraction of sp³-hybridized carbons (Fsp3) is 0.312. The van der Waals surface area contributed by atoms with Crippen molar-refractivity contribution in [2.24, 2.45) is 10.9 Å². The Bertz CT molecular complexity index is 1400. The molecule has 0 radical (unpaired) electrons. The van der Waals surface area contributed by atoms with Crippen molar-refractivity contribution in [3.8, 4) is 11.1 Å². The van der Waals surface area contributed by atoms with Crippen molar-refractivity contribution < 1.29 is 28.7 Å². The van der Waals surface area contributed by atoms with E-state index >= 15 is 0 Å². The van der Waals surface area contributed by atoms with Gasteiger partial charge in [0.2, 0.25) is 0 Å². The summed E-state index contributed by atoms with van der Waals surface area (Å²) in [6, 6.07) is 22.3. The molecule has 0 aliphatic heterocycles. The number of fused-ring (bicyclic) bond motifs is 3. The highest BCUT2D eigenvalue weighted by Gasteiger charge is 2.30. The molecule has 214 valence electrons. The molecule has 0 saturated carbocycles. The first-order chi connectivity index (χ1) is 19.5. The number of alkyl carbamates (subject to hydrolysis) is 1. The van der Waals surface area contributed by atoms with Crippen LogP contribution in [0.5, 0.6) is 0 Å². The summed E-state index contributed by atoms with van der Waals surface area (Å²) in [5, 5.41) is 6.33. The predicted octanol–water partition coefficient (Wildman–Crippen LogP) is 5.19. The van der Waals surface area contributed by atoms with Gasteiger partial charge in [-0.05, 0) is 49.9 Å². The van der Waals surface area contributed by atoms with Crippen LogP contribution in [0.1, 0.15) is 61.8 Å². The second-order valence-corrected chi connectivity index (χ2v) is 11.0. The number of amidine groups is 1. The van der Waals surface area contributed by atoms with Crippen molar-refractivity contribution in [2.45, 2.75) is 58.1 Å². The van der Waals surface area contributed by atoms with Crippen LogP contribution >= 0.6 is 0 Å². The minimum absolute atomic E-state index is 0.0199. The maximum Gasteiger partial charge on any atom is 0.407 e. The number of carbonyl (C=O) groups excluding carboxylic acids is 3. The van der Waals surface area contributed by atoms with Crippen LogP contribution in [-0.4, -0.2) is 42.1 Å². The summed E-state index contributed by atoms with van der Waals surface area (Å²) in [4.78, 5) is 43.0. The predicted molar refractivity (Wildman–Crippen MR) is 155 cm³/mol. The van der Waals surface area contributed by atoms with E-state index in [4.69, 9.17) is 20.0 Å². The zero-order valence-electron chi connectivity index (χ0n) is 23.7. The zero-order valence-corrected chi connectivity index (χ0v) is 23.7. The third kappa shape index (κ3) is 7.94. The molecular formula is C32H35N3O6. The number of aryl methyl sites for hydroxylation is 1. The molecule has 9 nitrogen and oxygen atoms in total. The Morgan fingerprint density at radius 3 is 2.02 bits per heavy atom. The van der Waals surface area contributed by atoms with Crippen molar-refractivity contribution in [1.82, 2.24) is 5.32 Å². The first-order valence-electron chi connectivity index (χ1n) is 13.4. The molecule has 1 atom stereocenters. The highest BCUT2D eigenvalue weighted by molar-refractivity contribution is 5.97. The van der Waals surface area contributed by atoms with Crippen LogP contribution in [0.4, 0.5) is 4.79 Å². The Morgan fingerprint density at radius 1 is 0.878 bits per heavy atom. The van der Waals surface area contributed by atoms with Crippen molar-refractivity contribution in [2.75, 3.05) is 6.61 Å². The molecule has 0 fully saturated rings. The van der Waals surface area contributed by atoms with Crippen LogP contribution in [0.15, 0.2) is 78.0 Å². The van der Waals surface area contributed by atoms with Crippen molar-refractivity contribution in [1.29, 1.82) is 0 Å². The first-order valence-corrected chi connectivity index (χ1v) is 13.4. The van der Waals surface area contributed by atoms with Gasteiger partial charge in [-0.1, -0.05) is 83.5 Å². The van der Waals surface area contributed by atoms with Gasteiger partial charge in [-0.3, -0.25) is 4.79 Å². The number of carbonyl (C=O) groups is 3. The molecule has 0 heterocycles. The lowest BCUT2D eigenvalue weighted by atomic mass is 9.98. The normalized spacial score (nSPS) is 13.5. The van der Waals surface area contributed by atoms with E-state index in [1.54, 1.807) is 32.9 Å². The summed E-state index contributed by atoms with van der Waals surface area (Å²) < 4.78 is 11.0. The number of rotatable bonds is 9. The second kappa shape index (κ2) is 12.7. The number of hydrogen-bond donors (Lipinski definition) is 2. The van der Waals surface area contributed by atoms with Gasteiger partial charge in [0, 0.05) is 11.5 Å². The van der Waals surface area contributed by atoms with E-state index in [1.165, 1.54) is 0 Å². The molecule has 0 bridgehead atoms. The molecule has 0 spiro atoms. The minimum Gasteiger partial charge on any atom is -0.460 e. The van der Waals surface area contributed by atoms with Gasteiger partial charge in [-0.2, -0.15) is 0 Å². The Balaban J connectivity index is 1.40. The lowest BCUT2D eigenvalue weighted by Gasteiger charge is -2.22. The monoisotopic (exact) mass is 557 g/mol. The number of ether oxygens (including phenoxy) is 2. The van der Waals surface area contributed by atoms with Crippen LogP contribution in [-0.2, 0) is 23.9 Å². The van der Waals surface area contributed by atoms with Crippen LogP contribution in [0.2, 0.25) is 0 Å². The zero-order chi connectivity index (χ0) is 29.6. The van der Waals surface area contributed by atoms with E-state index in [2.05, 4.69) is 10.5 Å². The number of nitrogens with two attached hydrogens (primary N) is 1.